The first-order chi connectivity index (χ1) is 5.00. The maximum atomic E-state index is 11.8. The van der Waals surface area contributed by atoms with E-state index in [0.717, 1.165) is 24.3 Å². The number of phenols is 1. The Bertz CT molecular complexity index is 242. The molecule has 0 atom stereocenters. The van der Waals surface area contributed by atoms with Crippen LogP contribution >= 0.6 is 0 Å². The van der Waals surface area contributed by atoms with E-state index in [1.807, 2.05) is 0 Å². The first-order valence-corrected chi connectivity index (χ1v) is 2.86. The number of halogens is 3. The predicted molar refractivity (Wildman–Crippen MR) is 33.1 cm³/mol. The quantitative estimate of drug-likeness (QED) is 0.675. The Balaban J connectivity index is 0.00000121. The summed E-state index contributed by atoms with van der Waals surface area (Å²) in [4.78, 5) is 0. The van der Waals surface area contributed by atoms with Crippen LogP contribution in [0.15, 0.2) is 24.3 Å². The Labute approximate surface area is 80.0 Å². The fourth-order valence-corrected chi connectivity index (χ4v) is 0.650. The van der Waals surface area contributed by atoms with Crippen LogP contribution in [0, 0.1) is 0 Å². The van der Waals surface area contributed by atoms with Crippen LogP contribution in [0.4, 0.5) is 13.2 Å². The molecule has 0 fully saturated rings. The Morgan fingerprint density at radius 3 is 1.75 bits per heavy atom. The van der Waals surface area contributed by atoms with Crippen molar-refractivity contribution in [2.24, 2.45) is 0 Å². The molecule has 1 aromatic rings. The van der Waals surface area contributed by atoms with Crippen LogP contribution in [0.3, 0.4) is 0 Å². The normalized spacial score (nSPS) is 10.6. The van der Waals surface area contributed by atoms with Gasteiger partial charge in [0.25, 0.3) is 0 Å². The summed E-state index contributed by atoms with van der Waals surface area (Å²) in [5.74, 6) is -0.169. The zero-order chi connectivity index (χ0) is 8.48. The Morgan fingerprint density at radius 1 is 1.00 bits per heavy atom. The van der Waals surface area contributed by atoms with Crippen molar-refractivity contribution in [1.29, 1.82) is 0 Å². The fourth-order valence-electron chi connectivity index (χ4n) is 0.650. The topological polar surface area (TPSA) is 20.2 Å². The maximum Gasteiger partial charge on any atom is 0.416 e. The van der Waals surface area contributed by atoms with Gasteiger partial charge in [-0.15, -0.1) is 0 Å². The summed E-state index contributed by atoms with van der Waals surface area (Å²) in [6.07, 6.45) is -4.33. The van der Waals surface area contributed by atoms with E-state index in [0.29, 0.717) is 0 Å². The minimum Gasteiger partial charge on any atom is -0.508 e. The molecule has 1 rings (SSSR count). The van der Waals surface area contributed by atoms with E-state index in [9.17, 15) is 13.2 Å². The third-order valence-corrected chi connectivity index (χ3v) is 1.19. The summed E-state index contributed by atoms with van der Waals surface area (Å²) in [7, 11) is 0. The predicted octanol–water partition coefficient (Wildman–Crippen LogP) is 2.41. The zero-order valence-corrected chi connectivity index (χ0v) is 9.06. The maximum absolute atomic E-state index is 11.8. The van der Waals surface area contributed by atoms with E-state index in [2.05, 4.69) is 0 Å². The second-order valence-electron chi connectivity index (χ2n) is 2.04. The molecule has 62 valence electrons. The van der Waals surface area contributed by atoms with E-state index in [4.69, 9.17) is 5.11 Å². The number of rotatable bonds is 0. The molecule has 0 saturated heterocycles. The molecule has 0 bridgehead atoms. The van der Waals surface area contributed by atoms with E-state index < -0.39 is 11.7 Å². The number of alkyl halides is 3. The first kappa shape index (κ1) is 11.4. The molecule has 0 heterocycles. The minimum absolute atomic E-state index is 0. The van der Waals surface area contributed by atoms with Crippen molar-refractivity contribution in [1.82, 2.24) is 0 Å². The molecule has 1 N–H and O–H groups in total. The third kappa shape index (κ3) is 2.82. The van der Waals surface area contributed by atoms with Crippen LogP contribution in [0.5, 0.6) is 5.75 Å². The van der Waals surface area contributed by atoms with Gasteiger partial charge in [0.15, 0.2) is 0 Å². The number of benzene rings is 1. The van der Waals surface area contributed by atoms with Crippen molar-refractivity contribution in [3.8, 4) is 5.75 Å². The van der Waals surface area contributed by atoms with Crippen LogP contribution in [0.1, 0.15) is 5.56 Å². The summed E-state index contributed by atoms with van der Waals surface area (Å²) in [6, 6.07) is 3.66. The molecule has 0 aliphatic heterocycles. The van der Waals surface area contributed by atoms with Gasteiger partial charge < -0.3 is 5.11 Å². The monoisotopic (exact) mass is 226 g/mol. The minimum atomic E-state index is -4.33. The van der Waals surface area contributed by atoms with Crippen molar-refractivity contribution in [3.05, 3.63) is 29.8 Å². The molecule has 0 amide bonds. The van der Waals surface area contributed by atoms with Crippen LogP contribution in [0.2, 0.25) is 0 Å². The van der Waals surface area contributed by atoms with Crippen LogP contribution in [-0.2, 0) is 25.7 Å². The summed E-state index contributed by atoms with van der Waals surface area (Å²) >= 11 is 0. The van der Waals surface area contributed by atoms with E-state index in [1.165, 1.54) is 0 Å². The molecule has 1 aromatic carbocycles. The van der Waals surface area contributed by atoms with Gasteiger partial charge in [-0.1, -0.05) is 0 Å². The summed E-state index contributed by atoms with van der Waals surface area (Å²) in [5, 5.41) is 8.66. The van der Waals surface area contributed by atoms with Gasteiger partial charge in [0.05, 0.1) is 5.56 Å². The van der Waals surface area contributed by atoms with Gasteiger partial charge in [0.1, 0.15) is 5.75 Å². The average Bonchev–Trinajstić information content (AvgIpc) is 1.86. The molecule has 0 aromatic heterocycles. The van der Waals surface area contributed by atoms with Gasteiger partial charge in [-0.05, 0) is 24.3 Å². The Kier molecular flexibility index (Phi) is 3.71. The van der Waals surface area contributed by atoms with Gasteiger partial charge in [-0.2, -0.15) is 13.2 Å². The van der Waals surface area contributed by atoms with Crippen molar-refractivity contribution in [3.63, 3.8) is 0 Å². The standard InChI is InChI=1S/C7H5F3O.Zn/c8-7(9,10)5-1-3-6(11)4-2-5;/h1-4,11H;. The fraction of sp³-hybridized carbons (Fsp3) is 0.143. The van der Waals surface area contributed by atoms with Crippen LogP contribution in [0.25, 0.3) is 0 Å². The molecule has 5 heteroatoms. The van der Waals surface area contributed by atoms with E-state index in [-0.39, 0.29) is 25.2 Å². The summed E-state index contributed by atoms with van der Waals surface area (Å²) in [5.41, 5.74) is -0.754. The van der Waals surface area contributed by atoms with Crippen molar-refractivity contribution in [2.75, 3.05) is 0 Å². The molecule has 0 aliphatic rings. The van der Waals surface area contributed by atoms with Gasteiger partial charge in [-0.3, -0.25) is 0 Å². The number of hydrogen-bond donors (Lipinski definition) is 1. The average molecular weight is 228 g/mol. The number of aromatic hydroxyl groups is 1. The van der Waals surface area contributed by atoms with Crippen molar-refractivity contribution >= 4 is 0 Å². The van der Waals surface area contributed by atoms with E-state index in [1.54, 1.807) is 0 Å². The molecule has 0 spiro atoms. The van der Waals surface area contributed by atoms with Gasteiger partial charge in [0.2, 0.25) is 0 Å². The Morgan fingerprint density at radius 2 is 1.42 bits per heavy atom. The van der Waals surface area contributed by atoms with Crippen molar-refractivity contribution in [2.45, 2.75) is 6.18 Å². The molecule has 1 nitrogen and oxygen atoms in total. The van der Waals surface area contributed by atoms with Crippen LogP contribution in [-0.4, -0.2) is 5.11 Å². The first-order valence-electron chi connectivity index (χ1n) is 2.86. The van der Waals surface area contributed by atoms with Crippen LogP contribution < -0.4 is 0 Å². The zero-order valence-electron chi connectivity index (χ0n) is 6.10. The number of phenolic OH excluding ortho intramolecular Hbond substituents is 1. The molecular weight excluding hydrogens is 222 g/mol. The second-order valence-corrected chi connectivity index (χ2v) is 2.04. The molecular formula is C7H5F3OZn. The van der Waals surface area contributed by atoms with Gasteiger partial charge >= 0.3 is 6.18 Å². The van der Waals surface area contributed by atoms with E-state index >= 15 is 0 Å². The SMILES string of the molecule is Oc1ccc(C(F)(F)F)cc1.[Zn]. The third-order valence-electron chi connectivity index (χ3n) is 1.19. The smallest absolute Gasteiger partial charge is 0.416 e. The molecule has 0 radical (unpaired) electrons. The van der Waals surface area contributed by atoms with Gasteiger partial charge in [-0.25, -0.2) is 0 Å². The molecule has 0 unspecified atom stereocenters. The molecule has 0 saturated carbocycles. The second kappa shape index (κ2) is 3.90. The summed E-state index contributed by atoms with van der Waals surface area (Å²) in [6.45, 7) is 0. The molecule has 12 heavy (non-hydrogen) atoms. The Hall–Kier alpha value is -0.567. The number of hydrogen-bond acceptors (Lipinski definition) is 1. The summed E-state index contributed by atoms with van der Waals surface area (Å²) < 4.78 is 35.5. The molecule has 0 aliphatic carbocycles. The van der Waals surface area contributed by atoms with Crippen molar-refractivity contribution < 1.29 is 37.8 Å². The van der Waals surface area contributed by atoms with Gasteiger partial charge in [0, 0.05) is 19.5 Å². The largest absolute Gasteiger partial charge is 0.508 e.